The highest BCUT2D eigenvalue weighted by molar-refractivity contribution is 5.83. The van der Waals surface area contributed by atoms with Crippen LogP contribution < -0.4 is 5.32 Å². The second kappa shape index (κ2) is 12.5. The van der Waals surface area contributed by atoms with E-state index < -0.39 is 35.8 Å². The lowest BCUT2D eigenvalue weighted by Crippen LogP contribution is -2.39. The van der Waals surface area contributed by atoms with Gasteiger partial charge in [0.1, 0.15) is 11.6 Å². The van der Waals surface area contributed by atoms with Crippen LogP contribution in [-0.4, -0.2) is 75.7 Å². The first kappa shape index (κ1) is 25.9. The summed E-state index contributed by atoms with van der Waals surface area (Å²) in [6.07, 6.45) is -3.35. The first-order chi connectivity index (χ1) is 14.0. The molecule has 1 heterocycles. The number of nitrogens with zero attached hydrogens (tertiary/aromatic N) is 1. The normalized spacial score (nSPS) is 18.1. The van der Waals surface area contributed by atoms with Crippen molar-refractivity contribution < 1.29 is 38.8 Å². The van der Waals surface area contributed by atoms with E-state index in [1.807, 2.05) is 0 Å². The molecule has 0 bridgehead atoms. The number of carboxylic acid groups (broad SMARTS) is 2. The van der Waals surface area contributed by atoms with Crippen LogP contribution in [0.15, 0.2) is 18.2 Å². The number of benzene rings is 1. The molecule has 30 heavy (non-hydrogen) atoms. The molecule has 1 fully saturated rings. The molecule has 0 saturated carbocycles. The average Bonchev–Trinajstić information content (AvgIpc) is 3.15. The number of aliphatic carboxylic acids is 2. The van der Waals surface area contributed by atoms with E-state index in [0.29, 0.717) is 23.9 Å². The Morgan fingerprint density at radius 1 is 1.17 bits per heavy atom. The summed E-state index contributed by atoms with van der Waals surface area (Å²) in [7, 11) is 0. The second-order valence-corrected chi connectivity index (χ2v) is 7.75. The van der Waals surface area contributed by atoms with Gasteiger partial charge in [0.2, 0.25) is 0 Å². The topological polar surface area (TPSA) is 130 Å². The van der Waals surface area contributed by atoms with Crippen molar-refractivity contribution in [2.75, 3.05) is 26.2 Å². The molecule has 1 aromatic carbocycles. The number of hydrogen-bond donors (Lipinski definition) is 5. The maximum absolute atomic E-state index is 13.8. The number of hydrogen-bond acceptors (Lipinski definition) is 6. The first-order valence-electron chi connectivity index (χ1n) is 9.70. The van der Waals surface area contributed by atoms with Gasteiger partial charge in [-0.2, -0.15) is 0 Å². The van der Waals surface area contributed by atoms with E-state index in [1.165, 1.54) is 12.5 Å². The molecular formula is C20H30F2N2O6. The van der Waals surface area contributed by atoms with Crippen LogP contribution in [0.1, 0.15) is 25.8 Å². The van der Waals surface area contributed by atoms with Crippen LogP contribution >= 0.6 is 0 Å². The van der Waals surface area contributed by atoms with E-state index in [9.17, 15) is 18.4 Å². The van der Waals surface area contributed by atoms with Gasteiger partial charge in [-0.15, -0.1) is 0 Å². The molecule has 0 aliphatic carbocycles. The first-order valence-corrected chi connectivity index (χ1v) is 9.70. The zero-order valence-corrected chi connectivity index (χ0v) is 17.1. The molecule has 2 rings (SSSR count). The largest absolute Gasteiger partial charge is 0.479 e. The molecule has 170 valence electrons. The van der Waals surface area contributed by atoms with E-state index in [1.54, 1.807) is 6.07 Å². The number of nitrogens with one attached hydrogen (secondary N) is 1. The van der Waals surface area contributed by atoms with E-state index in [-0.39, 0.29) is 0 Å². The van der Waals surface area contributed by atoms with E-state index in [0.717, 1.165) is 32.2 Å². The molecule has 0 amide bonds. The third-order valence-corrected chi connectivity index (χ3v) is 4.52. The molecule has 8 nitrogen and oxygen atoms in total. The van der Waals surface area contributed by atoms with Crippen LogP contribution in [0.4, 0.5) is 8.78 Å². The number of aliphatic hydroxyl groups is 2. The molecule has 1 aliphatic rings. The van der Waals surface area contributed by atoms with E-state index in [2.05, 4.69) is 24.1 Å². The van der Waals surface area contributed by atoms with Crippen molar-refractivity contribution in [2.45, 2.75) is 39.0 Å². The van der Waals surface area contributed by atoms with Crippen LogP contribution in [0.3, 0.4) is 0 Å². The Bertz CT molecular complexity index is 680. The van der Waals surface area contributed by atoms with Crippen molar-refractivity contribution in [1.82, 2.24) is 10.2 Å². The summed E-state index contributed by atoms with van der Waals surface area (Å²) >= 11 is 0. The maximum atomic E-state index is 13.8. The van der Waals surface area contributed by atoms with Gasteiger partial charge in [-0.1, -0.05) is 19.9 Å². The number of halogens is 2. The van der Waals surface area contributed by atoms with Gasteiger partial charge >= 0.3 is 11.9 Å². The van der Waals surface area contributed by atoms with Gasteiger partial charge in [-0.05, 0) is 37.4 Å². The molecule has 0 spiro atoms. The molecule has 10 heteroatoms. The Kier molecular flexibility index (Phi) is 10.8. The molecule has 2 unspecified atom stereocenters. The fourth-order valence-corrected chi connectivity index (χ4v) is 3.12. The summed E-state index contributed by atoms with van der Waals surface area (Å²) in [5.74, 6) is -3.32. The zero-order chi connectivity index (χ0) is 22.8. The minimum Gasteiger partial charge on any atom is -0.479 e. The summed E-state index contributed by atoms with van der Waals surface area (Å²) in [5.41, 5.74) is 0.581. The van der Waals surface area contributed by atoms with E-state index >= 15 is 0 Å². The van der Waals surface area contributed by atoms with Gasteiger partial charge in [0, 0.05) is 31.3 Å². The van der Waals surface area contributed by atoms with Gasteiger partial charge in [0.15, 0.2) is 12.2 Å². The van der Waals surface area contributed by atoms with Crippen LogP contribution in [0.5, 0.6) is 0 Å². The standard InChI is InChI=1S/C16H24F2N2.C4H6O6/c1-12(2)9-20(10-13-5-6-19-8-13)11-14-3-4-15(17)7-16(14)18;5-1(3(7)8)2(6)4(9)10/h3-4,7,12-13,19H,5-6,8-11H2,1-2H3;1-2,5-6H,(H,7,8)(H,9,10)/t13-;/m0./s1. The Hall–Kier alpha value is -2.14. The summed E-state index contributed by atoms with van der Waals surface area (Å²) in [6.45, 7) is 8.92. The van der Waals surface area contributed by atoms with Crippen LogP contribution in [0, 0.1) is 23.5 Å². The zero-order valence-electron chi connectivity index (χ0n) is 17.1. The third kappa shape index (κ3) is 9.12. The fourth-order valence-electron chi connectivity index (χ4n) is 3.12. The van der Waals surface area contributed by atoms with Crippen molar-refractivity contribution in [3.63, 3.8) is 0 Å². The summed E-state index contributed by atoms with van der Waals surface area (Å²) in [5, 5.41) is 35.9. The van der Waals surface area contributed by atoms with Crippen LogP contribution in [0.25, 0.3) is 0 Å². The van der Waals surface area contributed by atoms with Crippen molar-refractivity contribution >= 4 is 11.9 Å². The predicted octanol–water partition coefficient (Wildman–Crippen LogP) is 0.910. The van der Waals surface area contributed by atoms with Gasteiger partial charge in [0.05, 0.1) is 0 Å². The van der Waals surface area contributed by atoms with Crippen molar-refractivity contribution in [2.24, 2.45) is 11.8 Å². The van der Waals surface area contributed by atoms with Gasteiger partial charge < -0.3 is 25.7 Å². The summed E-state index contributed by atoms with van der Waals surface area (Å²) in [4.78, 5) is 21.8. The van der Waals surface area contributed by atoms with Gasteiger partial charge in [0.25, 0.3) is 0 Å². The maximum Gasteiger partial charge on any atom is 0.335 e. The van der Waals surface area contributed by atoms with Crippen molar-refractivity contribution in [3.05, 3.63) is 35.4 Å². The summed E-state index contributed by atoms with van der Waals surface area (Å²) in [6, 6.07) is 3.87. The second-order valence-electron chi connectivity index (χ2n) is 7.75. The highest BCUT2D eigenvalue weighted by atomic mass is 19.1. The molecule has 0 radical (unpaired) electrons. The number of aliphatic hydroxyl groups excluding tert-OH is 2. The summed E-state index contributed by atoms with van der Waals surface area (Å²) < 4.78 is 26.7. The molecule has 1 aromatic rings. The number of rotatable bonds is 9. The molecule has 1 aliphatic heterocycles. The molecule has 1 saturated heterocycles. The van der Waals surface area contributed by atoms with Crippen LogP contribution in [-0.2, 0) is 16.1 Å². The Morgan fingerprint density at radius 3 is 2.20 bits per heavy atom. The van der Waals surface area contributed by atoms with E-state index in [4.69, 9.17) is 20.4 Å². The third-order valence-electron chi connectivity index (χ3n) is 4.52. The number of carbonyl (C=O) groups is 2. The predicted molar refractivity (Wildman–Crippen MR) is 105 cm³/mol. The van der Waals surface area contributed by atoms with Gasteiger partial charge in [-0.3, -0.25) is 4.90 Å². The van der Waals surface area contributed by atoms with Crippen LogP contribution in [0.2, 0.25) is 0 Å². The lowest BCUT2D eigenvalue weighted by atomic mass is 10.1. The lowest BCUT2D eigenvalue weighted by Gasteiger charge is -2.27. The monoisotopic (exact) mass is 432 g/mol. The molecule has 0 aromatic heterocycles. The highest BCUT2D eigenvalue weighted by Crippen LogP contribution is 2.17. The minimum absolute atomic E-state index is 0.441. The smallest absolute Gasteiger partial charge is 0.335 e. The van der Waals surface area contributed by atoms with Gasteiger partial charge in [-0.25, -0.2) is 18.4 Å². The molecular weight excluding hydrogens is 402 g/mol. The Balaban J connectivity index is 0.000000382. The molecule has 5 N–H and O–H groups in total. The molecule has 3 atom stereocenters. The SMILES string of the molecule is CC(C)CN(Cc1ccc(F)cc1F)C[C@H]1CCNC1.O=C(O)C(O)C(O)C(=O)O. The fraction of sp³-hybridized carbons (Fsp3) is 0.600. The average molecular weight is 432 g/mol. The minimum atomic E-state index is -2.27. The lowest BCUT2D eigenvalue weighted by molar-refractivity contribution is -0.165. The highest BCUT2D eigenvalue weighted by Gasteiger charge is 2.29. The quantitative estimate of drug-likeness (QED) is 0.389. The Labute approximate surface area is 174 Å². The number of carboxylic acids is 2. The Morgan fingerprint density at radius 2 is 1.77 bits per heavy atom. The van der Waals surface area contributed by atoms with Crippen molar-refractivity contribution in [1.29, 1.82) is 0 Å². The van der Waals surface area contributed by atoms with Crippen molar-refractivity contribution in [3.8, 4) is 0 Å².